The van der Waals surface area contributed by atoms with Crippen molar-refractivity contribution in [2.45, 2.75) is 42.0 Å². The monoisotopic (exact) mass is 320 g/mol. The molecule has 0 amide bonds. The highest BCUT2D eigenvalue weighted by molar-refractivity contribution is 8.17. The van der Waals surface area contributed by atoms with E-state index >= 15 is 0 Å². The van der Waals surface area contributed by atoms with E-state index in [1.165, 1.54) is 11.5 Å². The van der Waals surface area contributed by atoms with E-state index in [-0.39, 0.29) is 0 Å². The lowest BCUT2D eigenvalue weighted by Crippen LogP contribution is -2.29. The third-order valence-corrected chi connectivity index (χ3v) is 6.64. The van der Waals surface area contributed by atoms with Crippen LogP contribution in [0, 0.1) is 11.3 Å². The van der Waals surface area contributed by atoms with E-state index in [0.29, 0.717) is 16.4 Å². The largest absolute Gasteiger partial charge is 0.190 e. The van der Waals surface area contributed by atoms with Crippen molar-refractivity contribution in [1.82, 2.24) is 0 Å². The van der Waals surface area contributed by atoms with Gasteiger partial charge >= 0.3 is 0 Å². The van der Waals surface area contributed by atoms with Gasteiger partial charge in [-0.2, -0.15) is 0 Å². The van der Waals surface area contributed by atoms with Crippen molar-refractivity contribution >= 4 is 58.3 Å². The summed E-state index contributed by atoms with van der Waals surface area (Å²) in [6.07, 6.45) is 1.64. The minimum Gasteiger partial charge on any atom is -0.147 e. The van der Waals surface area contributed by atoms with Crippen molar-refractivity contribution in [3.63, 3.8) is 0 Å². The standard InChI is InChI=1S/C11H19Cl3S2/c1-10(2,3)8-6-15-9(16-7-8)4-5-11(12,13)14/h8-9H,4-7H2,1-3H3. The lowest BCUT2D eigenvalue weighted by Gasteiger charge is -2.36. The van der Waals surface area contributed by atoms with Gasteiger partial charge in [0.1, 0.15) is 0 Å². The summed E-state index contributed by atoms with van der Waals surface area (Å²) in [5, 5.41) is 0. The second-order valence-corrected chi connectivity index (χ2v) is 10.6. The Labute approximate surface area is 123 Å². The van der Waals surface area contributed by atoms with Crippen molar-refractivity contribution in [3.8, 4) is 0 Å². The Morgan fingerprint density at radius 3 is 1.94 bits per heavy atom. The third-order valence-electron chi connectivity index (χ3n) is 2.85. The molecule has 1 heterocycles. The van der Waals surface area contributed by atoms with Crippen LogP contribution in [0.5, 0.6) is 0 Å². The Balaban J connectivity index is 2.28. The quantitative estimate of drug-likeness (QED) is 0.607. The summed E-state index contributed by atoms with van der Waals surface area (Å²) >= 11 is 21.3. The molecule has 1 rings (SSSR count). The molecule has 0 aromatic carbocycles. The minimum atomic E-state index is -1.08. The van der Waals surface area contributed by atoms with Gasteiger partial charge in [0.2, 0.25) is 0 Å². The van der Waals surface area contributed by atoms with Gasteiger partial charge in [0, 0.05) is 0 Å². The molecule has 0 aliphatic carbocycles. The molecular formula is C11H19Cl3S2. The molecule has 0 radical (unpaired) electrons. The van der Waals surface area contributed by atoms with E-state index in [9.17, 15) is 0 Å². The van der Waals surface area contributed by atoms with Gasteiger partial charge in [-0.15, -0.1) is 23.5 Å². The molecule has 0 aromatic rings. The first-order valence-corrected chi connectivity index (χ1v) is 8.71. The van der Waals surface area contributed by atoms with Crippen molar-refractivity contribution in [2.75, 3.05) is 11.5 Å². The first kappa shape index (κ1) is 15.6. The van der Waals surface area contributed by atoms with E-state index < -0.39 is 3.79 Å². The lowest BCUT2D eigenvalue weighted by molar-refractivity contribution is 0.292. The fraction of sp³-hybridized carbons (Fsp3) is 1.00. The second kappa shape index (κ2) is 6.14. The topological polar surface area (TPSA) is 0 Å². The third kappa shape index (κ3) is 5.95. The fourth-order valence-corrected chi connectivity index (χ4v) is 5.52. The van der Waals surface area contributed by atoms with E-state index in [1.54, 1.807) is 0 Å². The smallest absolute Gasteiger partial charge is 0.147 e. The highest BCUT2D eigenvalue weighted by Crippen LogP contribution is 2.44. The van der Waals surface area contributed by atoms with Crippen molar-refractivity contribution in [1.29, 1.82) is 0 Å². The van der Waals surface area contributed by atoms with Crippen LogP contribution in [0.1, 0.15) is 33.6 Å². The Hall–Kier alpha value is 1.57. The number of alkyl halides is 3. The van der Waals surface area contributed by atoms with Crippen molar-refractivity contribution in [3.05, 3.63) is 0 Å². The highest BCUT2D eigenvalue weighted by atomic mass is 35.6. The molecule has 96 valence electrons. The molecule has 16 heavy (non-hydrogen) atoms. The molecule has 0 bridgehead atoms. The summed E-state index contributed by atoms with van der Waals surface area (Å²) in [7, 11) is 0. The number of thioether (sulfide) groups is 2. The average Bonchev–Trinajstić information content (AvgIpc) is 2.13. The maximum Gasteiger partial charge on any atom is 0.190 e. The first-order chi connectivity index (χ1) is 7.18. The zero-order chi connectivity index (χ0) is 12.4. The summed E-state index contributed by atoms with van der Waals surface area (Å²) in [6, 6.07) is 0. The molecule has 0 atom stereocenters. The molecule has 5 heteroatoms. The van der Waals surface area contributed by atoms with Crippen LogP contribution < -0.4 is 0 Å². The zero-order valence-corrected chi connectivity index (χ0v) is 13.8. The number of rotatable bonds is 2. The van der Waals surface area contributed by atoms with E-state index in [4.69, 9.17) is 34.8 Å². The van der Waals surface area contributed by atoms with Crippen LogP contribution in [0.15, 0.2) is 0 Å². The van der Waals surface area contributed by atoms with Crippen molar-refractivity contribution < 1.29 is 0 Å². The van der Waals surface area contributed by atoms with Gasteiger partial charge in [-0.05, 0) is 35.7 Å². The SMILES string of the molecule is CC(C)(C)C1CSC(CCC(Cl)(Cl)Cl)SC1. The van der Waals surface area contributed by atoms with Gasteiger partial charge in [0.15, 0.2) is 3.79 Å². The molecular weight excluding hydrogens is 303 g/mol. The van der Waals surface area contributed by atoms with Crippen LogP contribution in [-0.4, -0.2) is 19.9 Å². The maximum atomic E-state index is 5.77. The van der Waals surface area contributed by atoms with Crippen LogP contribution >= 0.6 is 58.3 Å². The predicted molar refractivity (Wildman–Crippen MR) is 81.2 cm³/mol. The summed E-state index contributed by atoms with van der Waals surface area (Å²) in [5.41, 5.74) is 0.417. The number of hydrogen-bond acceptors (Lipinski definition) is 2. The second-order valence-electron chi connectivity index (χ2n) is 5.31. The molecule has 0 spiro atoms. The maximum absolute atomic E-state index is 5.77. The van der Waals surface area contributed by atoms with E-state index in [0.717, 1.165) is 12.3 Å². The molecule has 1 fully saturated rings. The van der Waals surface area contributed by atoms with Crippen LogP contribution in [0.4, 0.5) is 0 Å². The molecule has 0 nitrogen and oxygen atoms in total. The lowest BCUT2D eigenvalue weighted by atomic mass is 9.83. The fourth-order valence-electron chi connectivity index (χ4n) is 1.49. The summed E-state index contributed by atoms with van der Waals surface area (Å²) in [4.78, 5) is 0. The van der Waals surface area contributed by atoms with Gasteiger partial charge in [-0.1, -0.05) is 55.6 Å². The minimum absolute atomic E-state index is 0.417. The first-order valence-electron chi connectivity index (χ1n) is 5.48. The molecule has 0 N–H and O–H groups in total. The molecule has 1 aliphatic heterocycles. The summed E-state index contributed by atoms with van der Waals surface area (Å²) < 4.78 is -0.476. The molecule has 1 saturated heterocycles. The molecule has 1 aliphatic rings. The number of hydrogen-bond donors (Lipinski definition) is 0. The van der Waals surface area contributed by atoms with E-state index in [2.05, 4.69) is 20.8 Å². The highest BCUT2D eigenvalue weighted by Gasteiger charge is 2.31. The Morgan fingerprint density at radius 2 is 1.56 bits per heavy atom. The van der Waals surface area contributed by atoms with Gasteiger partial charge in [0.25, 0.3) is 0 Å². The van der Waals surface area contributed by atoms with E-state index in [1.807, 2.05) is 23.5 Å². The molecule has 0 aromatic heterocycles. The summed E-state index contributed by atoms with van der Waals surface area (Å²) in [6.45, 7) is 6.96. The van der Waals surface area contributed by atoms with Crippen LogP contribution in [0.3, 0.4) is 0 Å². The number of halogens is 3. The average molecular weight is 322 g/mol. The van der Waals surface area contributed by atoms with Crippen LogP contribution in [0.2, 0.25) is 0 Å². The Morgan fingerprint density at radius 1 is 1.06 bits per heavy atom. The Bertz CT molecular complexity index is 212. The van der Waals surface area contributed by atoms with Gasteiger partial charge < -0.3 is 0 Å². The summed E-state index contributed by atoms with van der Waals surface area (Å²) in [5.74, 6) is 3.27. The predicted octanol–water partition coefficient (Wildman–Crippen LogP) is 5.61. The van der Waals surface area contributed by atoms with Gasteiger partial charge in [-0.25, -0.2) is 0 Å². The van der Waals surface area contributed by atoms with Gasteiger partial charge in [0.05, 0.1) is 4.58 Å². The van der Waals surface area contributed by atoms with Gasteiger partial charge in [-0.3, -0.25) is 0 Å². The zero-order valence-electron chi connectivity index (χ0n) is 9.93. The van der Waals surface area contributed by atoms with Crippen molar-refractivity contribution in [2.24, 2.45) is 11.3 Å². The van der Waals surface area contributed by atoms with Crippen LogP contribution in [0.25, 0.3) is 0 Å². The molecule has 0 unspecified atom stereocenters. The normalized spacial score (nSPS) is 28.1. The van der Waals surface area contributed by atoms with Crippen LogP contribution in [-0.2, 0) is 0 Å². The molecule has 0 saturated carbocycles. The Kier molecular flexibility index (Phi) is 6.00.